The fourth-order valence-corrected chi connectivity index (χ4v) is 2.86. The lowest BCUT2D eigenvalue weighted by Gasteiger charge is -2.41. The van der Waals surface area contributed by atoms with Gasteiger partial charge in [0.2, 0.25) is 0 Å². The third kappa shape index (κ3) is 5.05. The lowest BCUT2D eigenvalue weighted by Crippen LogP contribution is -2.45. The van der Waals surface area contributed by atoms with Crippen LogP contribution in [-0.4, -0.2) is 31.5 Å². The minimum absolute atomic E-state index is 0.0742. The van der Waals surface area contributed by atoms with Gasteiger partial charge in [-0.1, -0.05) is 13.8 Å². The first kappa shape index (κ1) is 16.9. The molecule has 0 atom stereocenters. The summed E-state index contributed by atoms with van der Waals surface area (Å²) in [6.07, 6.45) is 5.64. The Labute approximate surface area is 119 Å². The van der Waals surface area contributed by atoms with E-state index in [2.05, 4.69) is 27.7 Å². The van der Waals surface area contributed by atoms with Crippen molar-refractivity contribution in [2.45, 2.75) is 71.0 Å². The highest BCUT2D eigenvalue weighted by atomic mass is 16.5. The lowest BCUT2D eigenvalue weighted by molar-refractivity contribution is -0.0947. The van der Waals surface area contributed by atoms with Gasteiger partial charge < -0.3 is 15.2 Å². The molecule has 0 amide bonds. The van der Waals surface area contributed by atoms with Gasteiger partial charge in [0.1, 0.15) is 0 Å². The van der Waals surface area contributed by atoms with Crippen molar-refractivity contribution in [1.82, 2.24) is 0 Å². The van der Waals surface area contributed by atoms with E-state index in [1.54, 1.807) is 7.11 Å². The van der Waals surface area contributed by atoms with E-state index in [1.165, 1.54) is 12.8 Å². The minimum Gasteiger partial charge on any atom is -0.379 e. The predicted molar refractivity (Wildman–Crippen MR) is 80.2 cm³/mol. The number of ether oxygens (including phenoxy) is 2. The molecule has 0 heterocycles. The van der Waals surface area contributed by atoms with Gasteiger partial charge in [0.05, 0.1) is 17.8 Å². The number of rotatable bonds is 7. The molecule has 0 bridgehead atoms. The summed E-state index contributed by atoms with van der Waals surface area (Å²) in [7, 11) is 1.76. The zero-order chi connectivity index (χ0) is 14.5. The van der Waals surface area contributed by atoms with Gasteiger partial charge in [-0.2, -0.15) is 0 Å². The van der Waals surface area contributed by atoms with Crippen molar-refractivity contribution < 1.29 is 9.47 Å². The number of nitrogens with two attached hydrogens (primary N) is 1. The number of methoxy groups -OCH3 is 1. The van der Waals surface area contributed by atoms with Crippen LogP contribution in [-0.2, 0) is 9.47 Å². The Hall–Kier alpha value is -0.120. The first-order valence-electron chi connectivity index (χ1n) is 7.73. The van der Waals surface area contributed by atoms with Crippen LogP contribution in [0.4, 0.5) is 0 Å². The normalized spacial score (nSPS) is 28.9. The van der Waals surface area contributed by atoms with Crippen molar-refractivity contribution in [3.05, 3.63) is 0 Å². The minimum atomic E-state index is -0.106. The zero-order valence-corrected chi connectivity index (χ0v) is 13.5. The van der Waals surface area contributed by atoms with Crippen molar-refractivity contribution in [3.63, 3.8) is 0 Å². The quantitative estimate of drug-likeness (QED) is 0.772. The van der Waals surface area contributed by atoms with Crippen LogP contribution >= 0.6 is 0 Å². The summed E-state index contributed by atoms with van der Waals surface area (Å²) in [6.45, 7) is 10.2. The van der Waals surface area contributed by atoms with Gasteiger partial charge in [-0.05, 0) is 57.8 Å². The molecule has 0 aromatic heterocycles. The molecule has 1 aliphatic carbocycles. The molecule has 0 spiro atoms. The van der Waals surface area contributed by atoms with Crippen LogP contribution in [0.2, 0.25) is 0 Å². The molecule has 1 fully saturated rings. The molecule has 3 heteroatoms. The Morgan fingerprint density at radius 3 is 2.26 bits per heavy atom. The summed E-state index contributed by atoms with van der Waals surface area (Å²) in [5, 5.41) is 0. The largest absolute Gasteiger partial charge is 0.379 e. The molecule has 1 aliphatic rings. The molecular weight excluding hydrogens is 238 g/mol. The van der Waals surface area contributed by atoms with Crippen molar-refractivity contribution in [1.29, 1.82) is 0 Å². The Kier molecular flexibility index (Phi) is 6.28. The third-order valence-corrected chi connectivity index (χ3v) is 4.92. The van der Waals surface area contributed by atoms with E-state index in [4.69, 9.17) is 15.2 Å². The van der Waals surface area contributed by atoms with E-state index in [1.807, 2.05) is 0 Å². The van der Waals surface area contributed by atoms with E-state index in [0.717, 1.165) is 37.7 Å². The molecule has 3 nitrogen and oxygen atoms in total. The van der Waals surface area contributed by atoms with Gasteiger partial charge in [0.25, 0.3) is 0 Å². The van der Waals surface area contributed by atoms with Gasteiger partial charge in [-0.15, -0.1) is 0 Å². The highest BCUT2D eigenvalue weighted by Crippen LogP contribution is 2.37. The maximum absolute atomic E-state index is 6.18. The van der Waals surface area contributed by atoms with Crippen molar-refractivity contribution in [2.24, 2.45) is 17.6 Å². The Morgan fingerprint density at radius 1 is 1.26 bits per heavy atom. The second-order valence-electron chi connectivity index (χ2n) is 7.03. The molecule has 0 aromatic carbocycles. The van der Waals surface area contributed by atoms with Crippen LogP contribution in [0.1, 0.15) is 59.8 Å². The molecule has 0 aliphatic heterocycles. The monoisotopic (exact) mass is 271 g/mol. The molecule has 0 unspecified atom stereocenters. The molecule has 0 saturated heterocycles. The smallest absolute Gasteiger partial charge is 0.0804 e. The van der Waals surface area contributed by atoms with Gasteiger partial charge in [0, 0.05) is 13.7 Å². The Morgan fingerprint density at radius 2 is 1.84 bits per heavy atom. The van der Waals surface area contributed by atoms with Gasteiger partial charge in [0.15, 0.2) is 0 Å². The van der Waals surface area contributed by atoms with Gasteiger partial charge in [-0.25, -0.2) is 0 Å². The van der Waals surface area contributed by atoms with Crippen molar-refractivity contribution in [3.8, 4) is 0 Å². The molecule has 114 valence electrons. The number of hydrogen-bond donors (Lipinski definition) is 1. The summed E-state index contributed by atoms with van der Waals surface area (Å²) in [5.41, 5.74) is 5.81. The van der Waals surface area contributed by atoms with E-state index in [-0.39, 0.29) is 11.2 Å². The lowest BCUT2D eigenvalue weighted by atomic mass is 9.74. The standard InChI is InChI=1S/C16H33NO2/c1-13(2)14-6-8-16(12-17,9-7-14)19-11-10-15(3,4)18-5/h13-14H,6-12,17H2,1-5H3. The highest BCUT2D eigenvalue weighted by molar-refractivity contribution is 4.89. The fraction of sp³-hybridized carbons (Fsp3) is 1.00. The highest BCUT2D eigenvalue weighted by Gasteiger charge is 2.36. The molecule has 19 heavy (non-hydrogen) atoms. The van der Waals surface area contributed by atoms with Gasteiger partial charge in [-0.3, -0.25) is 0 Å². The topological polar surface area (TPSA) is 44.5 Å². The van der Waals surface area contributed by atoms with E-state index < -0.39 is 0 Å². The van der Waals surface area contributed by atoms with Crippen LogP contribution < -0.4 is 5.73 Å². The second-order valence-corrected chi connectivity index (χ2v) is 7.03. The summed E-state index contributed by atoms with van der Waals surface area (Å²) in [5.74, 6) is 1.63. The summed E-state index contributed by atoms with van der Waals surface area (Å²) in [6, 6.07) is 0. The molecule has 2 N–H and O–H groups in total. The maximum atomic E-state index is 6.18. The van der Waals surface area contributed by atoms with Gasteiger partial charge >= 0.3 is 0 Å². The Balaban J connectivity index is 2.41. The van der Waals surface area contributed by atoms with Crippen LogP contribution in [0.15, 0.2) is 0 Å². The third-order valence-electron chi connectivity index (χ3n) is 4.92. The first-order valence-corrected chi connectivity index (χ1v) is 7.73. The fourth-order valence-electron chi connectivity index (χ4n) is 2.86. The number of hydrogen-bond acceptors (Lipinski definition) is 3. The molecule has 0 aromatic rings. The van der Waals surface area contributed by atoms with Crippen LogP contribution in [0.25, 0.3) is 0 Å². The van der Waals surface area contributed by atoms with Crippen LogP contribution in [0.5, 0.6) is 0 Å². The summed E-state index contributed by atoms with van der Waals surface area (Å²) >= 11 is 0. The average Bonchev–Trinajstić information content (AvgIpc) is 2.39. The van der Waals surface area contributed by atoms with E-state index in [9.17, 15) is 0 Å². The maximum Gasteiger partial charge on any atom is 0.0804 e. The molecule has 1 rings (SSSR count). The molecular formula is C16H33NO2. The first-order chi connectivity index (χ1) is 8.84. The Bertz CT molecular complexity index is 255. The van der Waals surface area contributed by atoms with Crippen LogP contribution in [0.3, 0.4) is 0 Å². The van der Waals surface area contributed by atoms with Crippen molar-refractivity contribution >= 4 is 0 Å². The summed E-state index contributed by atoms with van der Waals surface area (Å²) < 4.78 is 11.6. The van der Waals surface area contributed by atoms with Crippen molar-refractivity contribution in [2.75, 3.05) is 20.3 Å². The zero-order valence-electron chi connectivity index (χ0n) is 13.5. The average molecular weight is 271 g/mol. The molecule has 0 radical (unpaired) electrons. The SMILES string of the molecule is COC(C)(C)CCOC1(CN)CCC(C(C)C)CC1. The molecule has 1 saturated carbocycles. The summed E-state index contributed by atoms with van der Waals surface area (Å²) in [4.78, 5) is 0. The predicted octanol–water partition coefficient (Wildman–Crippen LogP) is 3.36. The second kappa shape index (κ2) is 7.05. The van der Waals surface area contributed by atoms with E-state index >= 15 is 0 Å². The van der Waals surface area contributed by atoms with E-state index in [0.29, 0.717) is 6.54 Å². The van der Waals surface area contributed by atoms with Crippen LogP contribution in [0, 0.1) is 11.8 Å².